The Balaban J connectivity index is 2.91. The van der Waals surface area contributed by atoms with Gasteiger partial charge in [0.1, 0.15) is 0 Å². The van der Waals surface area contributed by atoms with Crippen molar-refractivity contribution in [3.05, 3.63) is 33.9 Å². The summed E-state index contributed by atoms with van der Waals surface area (Å²) in [5, 5.41) is 12.9. The largest absolute Gasteiger partial charge is 0.323 e. The van der Waals surface area contributed by atoms with Gasteiger partial charge in [-0.25, -0.2) is 0 Å². The summed E-state index contributed by atoms with van der Waals surface area (Å²) in [6, 6.07) is 4.08. The van der Waals surface area contributed by atoms with E-state index in [2.05, 4.69) is 5.32 Å². The topological polar surface area (TPSA) is 72.2 Å². The summed E-state index contributed by atoms with van der Waals surface area (Å²) in [4.78, 5) is 20.0. The van der Waals surface area contributed by atoms with E-state index < -0.39 is 15.7 Å². The Bertz CT molecular complexity index is 435. The zero-order valence-electron chi connectivity index (χ0n) is 8.24. The van der Waals surface area contributed by atoms with Gasteiger partial charge in [-0.3, -0.25) is 14.9 Å². The molecule has 0 spiro atoms. The SMILES string of the molecule is Cc1cc([N+](=O)[O-])ccc1NC(=O)C(Cl)Cl. The van der Waals surface area contributed by atoms with E-state index in [1.54, 1.807) is 6.92 Å². The maximum Gasteiger partial charge on any atom is 0.269 e. The van der Waals surface area contributed by atoms with Crippen molar-refractivity contribution in [2.75, 3.05) is 5.32 Å². The van der Waals surface area contributed by atoms with Crippen LogP contribution in [-0.2, 0) is 4.79 Å². The van der Waals surface area contributed by atoms with Crippen LogP contribution in [0.5, 0.6) is 0 Å². The van der Waals surface area contributed by atoms with Crippen LogP contribution in [0.3, 0.4) is 0 Å². The molecule has 1 aromatic carbocycles. The van der Waals surface area contributed by atoms with E-state index in [1.807, 2.05) is 0 Å². The van der Waals surface area contributed by atoms with Crippen molar-refractivity contribution >= 4 is 40.5 Å². The van der Waals surface area contributed by atoms with Gasteiger partial charge < -0.3 is 5.32 Å². The summed E-state index contributed by atoms with van der Waals surface area (Å²) in [6.45, 7) is 1.64. The monoisotopic (exact) mass is 262 g/mol. The summed E-state index contributed by atoms with van der Waals surface area (Å²) in [5.74, 6) is -0.569. The van der Waals surface area contributed by atoms with E-state index in [4.69, 9.17) is 23.2 Å². The molecule has 0 unspecified atom stereocenters. The van der Waals surface area contributed by atoms with E-state index in [0.717, 1.165) is 0 Å². The standard InChI is InChI=1S/C9H8Cl2N2O3/c1-5-4-6(13(15)16)2-3-7(5)12-9(14)8(10)11/h2-4,8H,1H3,(H,12,14). The molecule has 0 bridgehead atoms. The molecule has 86 valence electrons. The Kier molecular flexibility index (Phi) is 4.09. The van der Waals surface area contributed by atoms with Crippen molar-refractivity contribution in [1.29, 1.82) is 0 Å². The molecule has 1 N–H and O–H groups in total. The third kappa shape index (κ3) is 3.08. The van der Waals surface area contributed by atoms with Crippen LogP contribution in [0.1, 0.15) is 5.56 Å². The van der Waals surface area contributed by atoms with Gasteiger partial charge in [-0.1, -0.05) is 23.2 Å². The number of halogens is 2. The number of nitro groups is 1. The highest BCUT2D eigenvalue weighted by Gasteiger charge is 2.14. The van der Waals surface area contributed by atoms with E-state index in [9.17, 15) is 14.9 Å². The Morgan fingerprint density at radius 1 is 1.50 bits per heavy atom. The van der Waals surface area contributed by atoms with Crippen LogP contribution >= 0.6 is 23.2 Å². The number of rotatable bonds is 3. The van der Waals surface area contributed by atoms with Crippen molar-refractivity contribution in [3.8, 4) is 0 Å². The molecule has 0 saturated heterocycles. The van der Waals surface area contributed by atoms with Gasteiger partial charge >= 0.3 is 0 Å². The minimum absolute atomic E-state index is 0.0382. The first-order valence-electron chi connectivity index (χ1n) is 4.26. The quantitative estimate of drug-likeness (QED) is 0.517. The van der Waals surface area contributed by atoms with Crippen molar-refractivity contribution < 1.29 is 9.72 Å². The fourth-order valence-electron chi connectivity index (χ4n) is 1.09. The van der Waals surface area contributed by atoms with E-state index in [0.29, 0.717) is 11.3 Å². The lowest BCUT2D eigenvalue weighted by Crippen LogP contribution is -2.19. The number of nitrogens with zero attached hydrogens (tertiary/aromatic N) is 1. The molecule has 1 aromatic rings. The van der Waals surface area contributed by atoms with Crippen LogP contribution in [0, 0.1) is 17.0 Å². The van der Waals surface area contributed by atoms with Gasteiger partial charge in [0.25, 0.3) is 11.6 Å². The summed E-state index contributed by atoms with van der Waals surface area (Å²) < 4.78 is 0. The Morgan fingerprint density at radius 2 is 2.12 bits per heavy atom. The van der Waals surface area contributed by atoms with Gasteiger partial charge in [-0.15, -0.1) is 0 Å². The minimum Gasteiger partial charge on any atom is -0.323 e. The van der Waals surface area contributed by atoms with E-state index in [1.165, 1.54) is 18.2 Å². The lowest BCUT2D eigenvalue weighted by molar-refractivity contribution is -0.384. The van der Waals surface area contributed by atoms with Gasteiger partial charge in [0.2, 0.25) is 0 Å². The Morgan fingerprint density at radius 3 is 2.56 bits per heavy atom. The Labute approximate surface area is 101 Å². The second kappa shape index (κ2) is 5.14. The van der Waals surface area contributed by atoms with Crippen LogP contribution in [0.15, 0.2) is 18.2 Å². The van der Waals surface area contributed by atoms with Gasteiger partial charge in [0, 0.05) is 17.8 Å². The van der Waals surface area contributed by atoms with Crippen LogP contribution in [0.4, 0.5) is 11.4 Å². The number of hydrogen-bond acceptors (Lipinski definition) is 3. The molecule has 16 heavy (non-hydrogen) atoms. The zero-order chi connectivity index (χ0) is 12.3. The fourth-order valence-corrected chi connectivity index (χ4v) is 1.20. The molecule has 7 heteroatoms. The molecular formula is C9H8Cl2N2O3. The molecule has 0 aliphatic heterocycles. The maximum atomic E-state index is 11.2. The average molecular weight is 263 g/mol. The van der Waals surface area contributed by atoms with Gasteiger partial charge in [0.05, 0.1) is 4.92 Å². The van der Waals surface area contributed by atoms with Crippen molar-refractivity contribution in [3.63, 3.8) is 0 Å². The van der Waals surface area contributed by atoms with Crippen LogP contribution in [0.2, 0.25) is 0 Å². The first kappa shape index (κ1) is 12.7. The fraction of sp³-hybridized carbons (Fsp3) is 0.222. The number of nitro benzene ring substituents is 1. The third-order valence-corrected chi connectivity index (χ3v) is 2.27. The summed E-state index contributed by atoms with van der Waals surface area (Å²) in [7, 11) is 0. The number of hydrogen-bond donors (Lipinski definition) is 1. The Hall–Kier alpha value is -1.33. The van der Waals surface area contributed by atoms with E-state index >= 15 is 0 Å². The number of benzene rings is 1. The van der Waals surface area contributed by atoms with Crippen molar-refractivity contribution in [2.45, 2.75) is 11.8 Å². The minimum atomic E-state index is -1.17. The van der Waals surface area contributed by atoms with Gasteiger partial charge in [-0.2, -0.15) is 0 Å². The number of aryl methyl sites for hydroxylation is 1. The number of nitrogens with one attached hydrogen (secondary N) is 1. The van der Waals surface area contributed by atoms with Crippen LogP contribution in [-0.4, -0.2) is 15.7 Å². The first-order chi connectivity index (χ1) is 7.41. The zero-order valence-corrected chi connectivity index (χ0v) is 9.75. The molecule has 0 radical (unpaired) electrons. The van der Waals surface area contributed by atoms with Gasteiger partial charge in [-0.05, 0) is 18.6 Å². The highest BCUT2D eigenvalue weighted by molar-refractivity contribution is 6.54. The second-order valence-electron chi connectivity index (χ2n) is 3.05. The normalized spacial score (nSPS) is 10.2. The molecule has 1 rings (SSSR count). The highest BCUT2D eigenvalue weighted by atomic mass is 35.5. The number of anilines is 1. The molecule has 1 amide bonds. The van der Waals surface area contributed by atoms with Gasteiger partial charge in [0.15, 0.2) is 4.84 Å². The number of carbonyl (C=O) groups is 1. The second-order valence-corrected chi connectivity index (χ2v) is 4.14. The number of non-ortho nitro benzene ring substituents is 1. The van der Waals surface area contributed by atoms with Crippen molar-refractivity contribution in [2.24, 2.45) is 0 Å². The molecule has 0 saturated carbocycles. The highest BCUT2D eigenvalue weighted by Crippen LogP contribution is 2.21. The molecule has 0 atom stereocenters. The first-order valence-corrected chi connectivity index (χ1v) is 5.13. The van der Waals surface area contributed by atoms with Crippen molar-refractivity contribution in [1.82, 2.24) is 0 Å². The van der Waals surface area contributed by atoms with Crippen LogP contribution in [0.25, 0.3) is 0 Å². The smallest absolute Gasteiger partial charge is 0.269 e. The molecule has 0 aliphatic carbocycles. The molecule has 0 fully saturated rings. The number of alkyl halides is 2. The molecular weight excluding hydrogens is 255 g/mol. The predicted molar refractivity (Wildman–Crippen MR) is 62.0 cm³/mol. The molecule has 0 aliphatic rings. The lowest BCUT2D eigenvalue weighted by Gasteiger charge is -2.08. The average Bonchev–Trinajstić information content (AvgIpc) is 2.20. The number of amides is 1. The van der Waals surface area contributed by atoms with E-state index in [-0.39, 0.29) is 5.69 Å². The molecule has 0 aromatic heterocycles. The summed E-state index contributed by atoms with van der Waals surface area (Å²) in [6.07, 6.45) is 0. The molecule has 0 heterocycles. The predicted octanol–water partition coefficient (Wildman–Crippen LogP) is 2.65. The third-order valence-electron chi connectivity index (χ3n) is 1.88. The summed E-state index contributed by atoms with van der Waals surface area (Å²) in [5.41, 5.74) is 0.974. The van der Waals surface area contributed by atoms with Crippen LogP contribution < -0.4 is 5.32 Å². The molecule has 5 nitrogen and oxygen atoms in total. The lowest BCUT2D eigenvalue weighted by atomic mass is 10.2. The summed E-state index contributed by atoms with van der Waals surface area (Å²) >= 11 is 10.7. The number of carbonyl (C=O) groups excluding carboxylic acids is 1. The maximum absolute atomic E-state index is 11.2.